The number of benzene rings is 2. The molecule has 0 aliphatic carbocycles. The SMILES string of the molecule is COCCNC(=O)[C@H](NC(=O)c1ccccc1C)C1CCN(C(=O)c2ccc(OC)cc2)CC1. The lowest BCUT2D eigenvalue weighted by atomic mass is 9.88. The molecule has 0 spiro atoms. The molecule has 0 aromatic heterocycles. The number of likely N-dealkylation sites (tertiary alicyclic amines) is 1. The maximum atomic E-state index is 13.0. The Bertz CT molecular complexity index is 984. The highest BCUT2D eigenvalue weighted by atomic mass is 16.5. The Balaban J connectivity index is 1.67. The van der Waals surface area contributed by atoms with Crippen molar-refractivity contribution in [1.29, 1.82) is 0 Å². The number of carbonyl (C=O) groups excluding carboxylic acids is 3. The first-order valence-electron chi connectivity index (χ1n) is 11.5. The van der Waals surface area contributed by atoms with E-state index in [4.69, 9.17) is 9.47 Å². The summed E-state index contributed by atoms with van der Waals surface area (Å²) in [6.07, 6.45) is 1.22. The molecule has 8 heteroatoms. The maximum Gasteiger partial charge on any atom is 0.253 e. The molecule has 2 aromatic carbocycles. The van der Waals surface area contributed by atoms with Gasteiger partial charge in [0.1, 0.15) is 11.8 Å². The summed E-state index contributed by atoms with van der Waals surface area (Å²) < 4.78 is 10.2. The van der Waals surface area contributed by atoms with E-state index in [1.165, 1.54) is 0 Å². The van der Waals surface area contributed by atoms with Crippen molar-refractivity contribution in [3.63, 3.8) is 0 Å². The molecule has 2 N–H and O–H groups in total. The molecule has 3 rings (SSSR count). The van der Waals surface area contributed by atoms with Crippen LogP contribution in [0.25, 0.3) is 0 Å². The normalized spacial score (nSPS) is 14.9. The van der Waals surface area contributed by atoms with Gasteiger partial charge in [-0.3, -0.25) is 14.4 Å². The van der Waals surface area contributed by atoms with Gasteiger partial charge in [-0.25, -0.2) is 0 Å². The summed E-state index contributed by atoms with van der Waals surface area (Å²) in [7, 11) is 3.15. The van der Waals surface area contributed by atoms with Crippen molar-refractivity contribution in [2.45, 2.75) is 25.8 Å². The third kappa shape index (κ3) is 6.35. The van der Waals surface area contributed by atoms with Gasteiger partial charge in [0.15, 0.2) is 0 Å². The zero-order valence-corrected chi connectivity index (χ0v) is 20.0. The number of rotatable bonds is 9. The van der Waals surface area contributed by atoms with Gasteiger partial charge in [0.25, 0.3) is 11.8 Å². The zero-order chi connectivity index (χ0) is 24.5. The van der Waals surface area contributed by atoms with E-state index in [-0.39, 0.29) is 23.6 Å². The van der Waals surface area contributed by atoms with E-state index in [9.17, 15) is 14.4 Å². The van der Waals surface area contributed by atoms with Crippen molar-refractivity contribution < 1.29 is 23.9 Å². The van der Waals surface area contributed by atoms with Crippen molar-refractivity contribution >= 4 is 17.7 Å². The molecule has 1 aliphatic rings. The Kier molecular flexibility index (Phi) is 9.04. The molecular weight excluding hydrogens is 434 g/mol. The maximum absolute atomic E-state index is 13.0. The largest absolute Gasteiger partial charge is 0.497 e. The fraction of sp³-hybridized carbons (Fsp3) is 0.423. The van der Waals surface area contributed by atoms with Gasteiger partial charge >= 0.3 is 0 Å². The molecule has 1 heterocycles. The molecule has 0 saturated carbocycles. The van der Waals surface area contributed by atoms with E-state index in [1.54, 1.807) is 55.5 Å². The van der Waals surface area contributed by atoms with Crippen LogP contribution in [0.5, 0.6) is 5.75 Å². The fourth-order valence-electron chi connectivity index (χ4n) is 4.18. The quantitative estimate of drug-likeness (QED) is 0.552. The van der Waals surface area contributed by atoms with Gasteiger partial charge in [-0.1, -0.05) is 18.2 Å². The molecular formula is C26H33N3O5. The summed E-state index contributed by atoms with van der Waals surface area (Å²) >= 11 is 0. The zero-order valence-electron chi connectivity index (χ0n) is 20.0. The van der Waals surface area contributed by atoms with Gasteiger partial charge in [0.2, 0.25) is 5.91 Å². The number of carbonyl (C=O) groups is 3. The monoisotopic (exact) mass is 467 g/mol. The lowest BCUT2D eigenvalue weighted by molar-refractivity contribution is -0.124. The molecule has 1 aliphatic heterocycles. The number of nitrogens with zero attached hydrogens (tertiary/aromatic N) is 1. The number of ether oxygens (including phenoxy) is 2. The van der Waals surface area contributed by atoms with Crippen molar-refractivity contribution in [2.75, 3.05) is 40.5 Å². The average Bonchev–Trinajstić information content (AvgIpc) is 2.87. The lowest BCUT2D eigenvalue weighted by Gasteiger charge is -2.36. The van der Waals surface area contributed by atoms with Crippen molar-refractivity contribution in [3.8, 4) is 5.75 Å². The first-order valence-corrected chi connectivity index (χ1v) is 11.5. The Hall–Kier alpha value is -3.39. The van der Waals surface area contributed by atoms with E-state index >= 15 is 0 Å². The van der Waals surface area contributed by atoms with E-state index in [0.29, 0.717) is 56.0 Å². The topological polar surface area (TPSA) is 97.0 Å². The van der Waals surface area contributed by atoms with Crippen molar-refractivity contribution in [1.82, 2.24) is 15.5 Å². The Morgan fingerprint density at radius 3 is 2.32 bits per heavy atom. The predicted molar refractivity (Wildman–Crippen MR) is 129 cm³/mol. The van der Waals surface area contributed by atoms with Crippen LogP contribution < -0.4 is 15.4 Å². The minimum absolute atomic E-state index is 0.0499. The standard InChI is InChI=1S/C26H33N3O5/c1-18-6-4-5-7-22(18)24(30)28-23(25(31)27-14-17-33-2)19-12-15-29(16-13-19)26(32)20-8-10-21(34-3)11-9-20/h4-11,19,23H,12-17H2,1-3H3,(H,27,31)(H,28,30)/t23-/m1/s1. The predicted octanol–water partition coefficient (Wildman–Crippen LogP) is 2.42. The van der Waals surface area contributed by atoms with E-state index < -0.39 is 6.04 Å². The third-order valence-corrected chi connectivity index (χ3v) is 6.20. The van der Waals surface area contributed by atoms with Crippen LogP contribution in [-0.4, -0.2) is 69.1 Å². The molecule has 1 fully saturated rings. The highest BCUT2D eigenvalue weighted by Crippen LogP contribution is 2.24. The van der Waals surface area contributed by atoms with Crippen LogP contribution >= 0.6 is 0 Å². The second-order valence-electron chi connectivity index (χ2n) is 8.41. The first-order chi connectivity index (χ1) is 16.4. The van der Waals surface area contributed by atoms with Crippen LogP contribution in [0, 0.1) is 12.8 Å². The number of amides is 3. The van der Waals surface area contributed by atoms with Gasteiger partial charge in [-0.2, -0.15) is 0 Å². The second-order valence-corrected chi connectivity index (χ2v) is 8.41. The van der Waals surface area contributed by atoms with E-state index in [0.717, 1.165) is 5.56 Å². The van der Waals surface area contributed by atoms with Gasteiger partial charge in [0.05, 0.1) is 13.7 Å². The highest BCUT2D eigenvalue weighted by molar-refractivity contribution is 5.98. The molecule has 0 unspecified atom stereocenters. The van der Waals surface area contributed by atoms with Gasteiger partial charge in [-0.15, -0.1) is 0 Å². The van der Waals surface area contributed by atoms with Gasteiger partial charge in [0, 0.05) is 37.9 Å². The summed E-state index contributed by atoms with van der Waals surface area (Å²) in [5.41, 5.74) is 1.99. The molecule has 1 saturated heterocycles. The van der Waals surface area contributed by atoms with Gasteiger partial charge in [-0.05, 0) is 61.6 Å². The van der Waals surface area contributed by atoms with Crippen LogP contribution in [0.1, 0.15) is 39.1 Å². The minimum Gasteiger partial charge on any atom is -0.497 e. The Labute approximate surface area is 200 Å². The number of hydrogen-bond donors (Lipinski definition) is 2. The van der Waals surface area contributed by atoms with Crippen molar-refractivity contribution in [2.24, 2.45) is 5.92 Å². The van der Waals surface area contributed by atoms with Crippen LogP contribution in [0.2, 0.25) is 0 Å². The number of aryl methyl sites for hydroxylation is 1. The number of methoxy groups -OCH3 is 2. The molecule has 8 nitrogen and oxygen atoms in total. The van der Waals surface area contributed by atoms with Crippen LogP contribution in [-0.2, 0) is 9.53 Å². The summed E-state index contributed by atoms with van der Waals surface area (Å²) in [4.78, 5) is 40.7. The Morgan fingerprint density at radius 1 is 1.03 bits per heavy atom. The molecule has 34 heavy (non-hydrogen) atoms. The summed E-state index contributed by atoms with van der Waals surface area (Å²) in [5, 5.41) is 5.80. The third-order valence-electron chi connectivity index (χ3n) is 6.20. The number of nitrogens with one attached hydrogen (secondary N) is 2. The highest BCUT2D eigenvalue weighted by Gasteiger charge is 2.34. The smallest absolute Gasteiger partial charge is 0.253 e. The summed E-state index contributed by atoms with van der Waals surface area (Å²) in [5.74, 6) is 0.0456. The molecule has 2 aromatic rings. The summed E-state index contributed by atoms with van der Waals surface area (Å²) in [6.45, 7) is 3.64. The van der Waals surface area contributed by atoms with Gasteiger partial charge < -0.3 is 25.0 Å². The number of piperidine rings is 1. The molecule has 3 amide bonds. The van der Waals surface area contributed by atoms with E-state index in [2.05, 4.69) is 10.6 Å². The molecule has 0 bridgehead atoms. The summed E-state index contributed by atoms with van der Waals surface area (Å²) in [6, 6.07) is 13.6. The minimum atomic E-state index is -0.692. The molecule has 182 valence electrons. The second kappa shape index (κ2) is 12.2. The van der Waals surface area contributed by atoms with Crippen LogP contribution in [0.15, 0.2) is 48.5 Å². The number of hydrogen-bond acceptors (Lipinski definition) is 5. The molecule has 1 atom stereocenters. The molecule has 0 radical (unpaired) electrons. The fourth-order valence-corrected chi connectivity index (χ4v) is 4.18. The Morgan fingerprint density at radius 2 is 1.71 bits per heavy atom. The van der Waals surface area contributed by atoms with E-state index in [1.807, 2.05) is 19.1 Å². The van der Waals surface area contributed by atoms with Crippen molar-refractivity contribution in [3.05, 3.63) is 65.2 Å². The average molecular weight is 468 g/mol. The first kappa shape index (κ1) is 25.2. The lowest BCUT2D eigenvalue weighted by Crippen LogP contribution is -2.54. The van der Waals surface area contributed by atoms with Crippen LogP contribution in [0.4, 0.5) is 0 Å². The van der Waals surface area contributed by atoms with Crippen LogP contribution in [0.3, 0.4) is 0 Å².